The van der Waals surface area contributed by atoms with E-state index >= 15 is 0 Å². The Kier molecular flexibility index (Phi) is 3.02. The fraction of sp³-hybridized carbons (Fsp3) is 0.200. The Morgan fingerprint density at radius 2 is 2.05 bits per heavy atom. The largest absolute Gasteiger partial charge is 0.464 e. The van der Waals surface area contributed by atoms with E-state index < -0.39 is 0 Å². The van der Waals surface area contributed by atoms with Crippen LogP contribution < -0.4 is 10.6 Å². The topological polar surface area (TPSA) is 68.2 Å². The van der Waals surface area contributed by atoms with E-state index in [1.807, 2.05) is 49.2 Å². The number of anilines is 2. The standard InChI is InChI=1S/C15H16N4O/c1-10-3-5-12(20-10)8-19(2)15-13-6-4-11(16)7-14(13)17-9-18-15/h3-7,9H,8,16H2,1-2H3. The molecule has 0 bridgehead atoms. The van der Waals surface area contributed by atoms with Gasteiger partial charge in [0.05, 0.1) is 12.1 Å². The van der Waals surface area contributed by atoms with Crippen LogP contribution in [0.3, 0.4) is 0 Å². The molecule has 5 nitrogen and oxygen atoms in total. The molecule has 20 heavy (non-hydrogen) atoms. The molecule has 5 heteroatoms. The van der Waals surface area contributed by atoms with Gasteiger partial charge in [0.2, 0.25) is 0 Å². The molecule has 0 fully saturated rings. The highest BCUT2D eigenvalue weighted by molar-refractivity contribution is 5.91. The maximum atomic E-state index is 5.79. The molecule has 0 aliphatic carbocycles. The quantitative estimate of drug-likeness (QED) is 0.740. The lowest BCUT2D eigenvalue weighted by Gasteiger charge is -2.18. The molecular weight excluding hydrogens is 252 g/mol. The summed E-state index contributed by atoms with van der Waals surface area (Å²) in [6.45, 7) is 2.59. The summed E-state index contributed by atoms with van der Waals surface area (Å²) in [5, 5.41) is 0.979. The van der Waals surface area contributed by atoms with Gasteiger partial charge in [-0.05, 0) is 37.3 Å². The van der Waals surface area contributed by atoms with Crippen molar-refractivity contribution in [3.8, 4) is 0 Å². The van der Waals surface area contributed by atoms with Crippen LogP contribution in [0.15, 0.2) is 41.1 Å². The Morgan fingerprint density at radius 1 is 1.20 bits per heavy atom. The number of nitrogens with two attached hydrogens (primary N) is 1. The predicted molar refractivity (Wildman–Crippen MR) is 79.5 cm³/mol. The highest BCUT2D eigenvalue weighted by Crippen LogP contribution is 2.25. The molecule has 0 saturated heterocycles. The number of benzene rings is 1. The monoisotopic (exact) mass is 268 g/mol. The molecule has 102 valence electrons. The number of nitrogen functional groups attached to an aromatic ring is 1. The molecule has 0 aliphatic rings. The summed E-state index contributed by atoms with van der Waals surface area (Å²) in [6.07, 6.45) is 1.56. The second-order valence-electron chi connectivity index (χ2n) is 4.84. The normalized spacial score (nSPS) is 10.9. The molecule has 0 amide bonds. The van der Waals surface area contributed by atoms with Crippen LogP contribution in [-0.4, -0.2) is 17.0 Å². The van der Waals surface area contributed by atoms with E-state index in [1.165, 1.54) is 0 Å². The molecule has 2 N–H and O–H groups in total. The first-order chi connectivity index (χ1) is 9.63. The molecule has 3 rings (SSSR count). The summed E-state index contributed by atoms with van der Waals surface area (Å²) < 4.78 is 5.60. The van der Waals surface area contributed by atoms with Crippen LogP contribution in [0.2, 0.25) is 0 Å². The van der Waals surface area contributed by atoms with Crippen molar-refractivity contribution in [2.24, 2.45) is 0 Å². The number of furan rings is 1. The van der Waals surface area contributed by atoms with Crippen molar-refractivity contribution in [1.82, 2.24) is 9.97 Å². The second kappa shape index (κ2) is 4.85. The molecule has 3 aromatic rings. The van der Waals surface area contributed by atoms with Gasteiger partial charge in [-0.2, -0.15) is 0 Å². The van der Waals surface area contributed by atoms with Crippen LogP contribution in [-0.2, 0) is 6.54 Å². The summed E-state index contributed by atoms with van der Waals surface area (Å²) in [7, 11) is 1.98. The van der Waals surface area contributed by atoms with Gasteiger partial charge >= 0.3 is 0 Å². The van der Waals surface area contributed by atoms with Crippen molar-refractivity contribution in [2.75, 3.05) is 17.7 Å². The van der Waals surface area contributed by atoms with Gasteiger partial charge in [-0.25, -0.2) is 9.97 Å². The number of nitrogens with zero attached hydrogens (tertiary/aromatic N) is 3. The van der Waals surface area contributed by atoms with E-state index in [0.717, 1.165) is 28.2 Å². The summed E-state index contributed by atoms with van der Waals surface area (Å²) >= 11 is 0. The smallest absolute Gasteiger partial charge is 0.140 e. The fourth-order valence-electron chi connectivity index (χ4n) is 2.24. The molecule has 0 radical (unpaired) electrons. The zero-order valence-corrected chi connectivity index (χ0v) is 11.5. The minimum absolute atomic E-state index is 0.657. The first-order valence-corrected chi connectivity index (χ1v) is 6.40. The number of hydrogen-bond donors (Lipinski definition) is 1. The third-order valence-corrected chi connectivity index (χ3v) is 3.19. The Balaban J connectivity index is 1.96. The number of rotatable bonds is 3. The van der Waals surface area contributed by atoms with E-state index in [-0.39, 0.29) is 0 Å². The van der Waals surface area contributed by atoms with Gasteiger partial charge in [0.15, 0.2) is 0 Å². The van der Waals surface area contributed by atoms with Crippen LogP contribution in [0, 0.1) is 6.92 Å². The van der Waals surface area contributed by atoms with Crippen LogP contribution in [0.25, 0.3) is 10.9 Å². The molecule has 2 aromatic heterocycles. The lowest BCUT2D eigenvalue weighted by atomic mass is 10.2. The predicted octanol–water partition coefficient (Wildman–Crippen LogP) is 2.75. The third kappa shape index (κ3) is 2.30. The highest BCUT2D eigenvalue weighted by atomic mass is 16.3. The third-order valence-electron chi connectivity index (χ3n) is 3.19. The summed E-state index contributed by atoms with van der Waals surface area (Å²) in [5.41, 5.74) is 7.33. The van der Waals surface area contributed by atoms with Crippen LogP contribution >= 0.6 is 0 Å². The van der Waals surface area contributed by atoms with E-state index in [0.29, 0.717) is 12.2 Å². The molecule has 0 saturated carbocycles. The van der Waals surface area contributed by atoms with Gasteiger partial charge in [-0.3, -0.25) is 0 Å². The molecule has 0 aliphatic heterocycles. The molecule has 0 atom stereocenters. The van der Waals surface area contributed by atoms with Crippen molar-refractivity contribution in [3.05, 3.63) is 48.2 Å². The van der Waals surface area contributed by atoms with Crippen molar-refractivity contribution >= 4 is 22.4 Å². The molecule has 0 unspecified atom stereocenters. The lowest BCUT2D eigenvalue weighted by Crippen LogP contribution is -2.17. The van der Waals surface area contributed by atoms with Crippen LogP contribution in [0.1, 0.15) is 11.5 Å². The average molecular weight is 268 g/mol. The van der Waals surface area contributed by atoms with E-state index in [1.54, 1.807) is 6.33 Å². The van der Waals surface area contributed by atoms with Gasteiger partial charge in [-0.15, -0.1) is 0 Å². The first-order valence-electron chi connectivity index (χ1n) is 6.40. The zero-order chi connectivity index (χ0) is 14.1. The minimum atomic E-state index is 0.657. The van der Waals surface area contributed by atoms with Gasteiger partial charge < -0.3 is 15.1 Å². The van der Waals surface area contributed by atoms with Crippen molar-refractivity contribution in [2.45, 2.75) is 13.5 Å². The average Bonchev–Trinajstić information content (AvgIpc) is 2.83. The maximum absolute atomic E-state index is 5.79. The number of fused-ring (bicyclic) bond motifs is 1. The highest BCUT2D eigenvalue weighted by Gasteiger charge is 2.10. The van der Waals surface area contributed by atoms with Gasteiger partial charge in [0.25, 0.3) is 0 Å². The van der Waals surface area contributed by atoms with Gasteiger partial charge in [-0.1, -0.05) is 0 Å². The SMILES string of the molecule is Cc1ccc(CN(C)c2ncnc3cc(N)ccc23)o1. The van der Waals surface area contributed by atoms with Crippen LogP contribution in [0.5, 0.6) is 0 Å². The van der Waals surface area contributed by atoms with E-state index in [4.69, 9.17) is 10.2 Å². The Hall–Kier alpha value is -2.56. The number of hydrogen-bond acceptors (Lipinski definition) is 5. The van der Waals surface area contributed by atoms with Gasteiger partial charge in [0, 0.05) is 18.1 Å². The fourth-order valence-corrected chi connectivity index (χ4v) is 2.24. The summed E-state index contributed by atoms with van der Waals surface area (Å²) in [6, 6.07) is 9.60. The van der Waals surface area contributed by atoms with Crippen LogP contribution in [0.4, 0.5) is 11.5 Å². The summed E-state index contributed by atoms with van der Waals surface area (Å²) in [4.78, 5) is 10.7. The van der Waals surface area contributed by atoms with E-state index in [2.05, 4.69) is 9.97 Å². The summed E-state index contributed by atoms with van der Waals surface area (Å²) in [5.74, 6) is 2.69. The second-order valence-corrected chi connectivity index (χ2v) is 4.84. The zero-order valence-electron chi connectivity index (χ0n) is 11.5. The minimum Gasteiger partial charge on any atom is -0.464 e. The Labute approximate surface area is 117 Å². The Bertz CT molecular complexity index is 750. The first kappa shape index (κ1) is 12.5. The molecule has 0 spiro atoms. The molecular formula is C15H16N4O. The number of aromatic nitrogens is 2. The van der Waals surface area contributed by atoms with Crippen molar-refractivity contribution in [3.63, 3.8) is 0 Å². The maximum Gasteiger partial charge on any atom is 0.140 e. The van der Waals surface area contributed by atoms with Crippen molar-refractivity contribution in [1.29, 1.82) is 0 Å². The van der Waals surface area contributed by atoms with Crippen molar-refractivity contribution < 1.29 is 4.42 Å². The Morgan fingerprint density at radius 3 is 2.80 bits per heavy atom. The van der Waals surface area contributed by atoms with E-state index in [9.17, 15) is 0 Å². The molecule has 2 heterocycles. The van der Waals surface area contributed by atoms with Gasteiger partial charge in [0.1, 0.15) is 23.7 Å². The lowest BCUT2D eigenvalue weighted by molar-refractivity contribution is 0.481. The molecule has 1 aromatic carbocycles. The number of aryl methyl sites for hydroxylation is 1.